The van der Waals surface area contributed by atoms with Crippen LogP contribution in [0.2, 0.25) is 0 Å². The summed E-state index contributed by atoms with van der Waals surface area (Å²) in [6.07, 6.45) is 7.64. The molecule has 0 aliphatic heterocycles. The summed E-state index contributed by atoms with van der Waals surface area (Å²) < 4.78 is 21.8. The molecule has 0 aromatic heterocycles. The molecule has 0 saturated heterocycles. The maximum atomic E-state index is 10.9. The van der Waals surface area contributed by atoms with Crippen LogP contribution in [0.1, 0.15) is 46.5 Å². The predicted octanol–water partition coefficient (Wildman–Crippen LogP) is 3.19. The van der Waals surface area contributed by atoms with Crippen LogP contribution < -0.4 is 0 Å². The number of allylic oxidation sites excluding steroid dienone is 2. The highest BCUT2D eigenvalue weighted by molar-refractivity contribution is 7.90. The molecule has 0 N–H and O–H groups in total. The fourth-order valence-corrected chi connectivity index (χ4v) is 2.19. The van der Waals surface area contributed by atoms with Gasteiger partial charge in [-0.25, -0.2) is 8.42 Å². The van der Waals surface area contributed by atoms with Gasteiger partial charge >= 0.3 is 0 Å². The minimum absolute atomic E-state index is 0.333. The van der Waals surface area contributed by atoms with Crippen molar-refractivity contribution in [2.45, 2.75) is 46.5 Å². The third kappa shape index (κ3) is 11.6. The summed E-state index contributed by atoms with van der Waals surface area (Å²) in [5.74, 6) is 0.960. The Hall–Kier alpha value is -0.310. The van der Waals surface area contributed by atoms with Crippen molar-refractivity contribution in [3.63, 3.8) is 0 Å². The molecule has 90 valence electrons. The number of hydrogen-bond acceptors (Lipinski definition) is 2. The maximum Gasteiger partial charge on any atom is 0.147 e. The molecule has 3 heteroatoms. The first-order valence-electron chi connectivity index (χ1n) is 5.62. The molecule has 0 aliphatic carbocycles. The van der Waals surface area contributed by atoms with Gasteiger partial charge in [0.2, 0.25) is 0 Å². The molecule has 1 unspecified atom stereocenters. The molecule has 2 nitrogen and oxygen atoms in total. The summed E-state index contributed by atoms with van der Waals surface area (Å²) in [6, 6.07) is 0. The summed E-state index contributed by atoms with van der Waals surface area (Å²) >= 11 is 0. The Morgan fingerprint density at radius 1 is 1.27 bits per heavy atom. The summed E-state index contributed by atoms with van der Waals surface area (Å²) in [4.78, 5) is 0. The molecule has 0 amide bonds. The standard InChI is InChI=1S/C12H24O2S/c1-11(2)7-5-8-12(3)9-6-10-15(4,13)14/h7,12H,5-6,8-10H2,1-4H3. The van der Waals surface area contributed by atoms with E-state index in [1.54, 1.807) is 0 Å². The second-order valence-corrected chi connectivity index (χ2v) is 7.00. The van der Waals surface area contributed by atoms with Crippen molar-refractivity contribution >= 4 is 9.84 Å². The van der Waals surface area contributed by atoms with Gasteiger partial charge in [-0.1, -0.05) is 18.6 Å². The maximum absolute atomic E-state index is 10.9. The van der Waals surface area contributed by atoms with Gasteiger partial charge in [0.25, 0.3) is 0 Å². The Bertz CT molecular complexity index is 285. The van der Waals surface area contributed by atoms with E-state index in [0.29, 0.717) is 11.7 Å². The van der Waals surface area contributed by atoms with E-state index in [9.17, 15) is 8.42 Å². The van der Waals surface area contributed by atoms with E-state index in [4.69, 9.17) is 0 Å². The van der Waals surface area contributed by atoms with E-state index < -0.39 is 9.84 Å². The van der Waals surface area contributed by atoms with Crippen LogP contribution in [0.3, 0.4) is 0 Å². The smallest absolute Gasteiger partial charge is 0.147 e. The van der Waals surface area contributed by atoms with Crippen molar-refractivity contribution in [1.82, 2.24) is 0 Å². The van der Waals surface area contributed by atoms with Crippen molar-refractivity contribution in [2.24, 2.45) is 5.92 Å². The van der Waals surface area contributed by atoms with Crippen LogP contribution in [-0.4, -0.2) is 20.4 Å². The van der Waals surface area contributed by atoms with E-state index in [1.807, 2.05) is 0 Å². The molecule has 0 aromatic carbocycles. The van der Waals surface area contributed by atoms with Crippen LogP contribution in [0, 0.1) is 5.92 Å². The monoisotopic (exact) mass is 232 g/mol. The average molecular weight is 232 g/mol. The SMILES string of the molecule is CC(C)=CCCC(C)CCCS(C)(=O)=O. The topological polar surface area (TPSA) is 34.1 Å². The Kier molecular flexibility index (Phi) is 6.90. The van der Waals surface area contributed by atoms with E-state index in [2.05, 4.69) is 26.8 Å². The molecular formula is C12H24O2S. The first kappa shape index (κ1) is 14.7. The highest BCUT2D eigenvalue weighted by Gasteiger charge is 2.05. The number of sulfone groups is 1. The molecule has 0 spiro atoms. The Morgan fingerprint density at radius 3 is 2.33 bits per heavy atom. The molecule has 0 bridgehead atoms. The van der Waals surface area contributed by atoms with Gasteiger partial charge in [-0.2, -0.15) is 0 Å². The van der Waals surface area contributed by atoms with Crippen LogP contribution in [0.15, 0.2) is 11.6 Å². The Morgan fingerprint density at radius 2 is 1.87 bits per heavy atom. The van der Waals surface area contributed by atoms with Crippen molar-refractivity contribution in [1.29, 1.82) is 0 Å². The summed E-state index contributed by atoms with van der Waals surface area (Å²) in [5.41, 5.74) is 1.36. The lowest BCUT2D eigenvalue weighted by atomic mass is 10.00. The number of rotatable bonds is 7. The zero-order chi connectivity index (χ0) is 11.9. The van der Waals surface area contributed by atoms with Gasteiger partial charge in [0, 0.05) is 12.0 Å². The molecule has 1 atom stereocenters. The van der Waals surface area contributed by atoms with Gasteiger partial charge in [-0.15, -0.1) is 0 Å². The van der Waals surface area contributed by atoms with E-state index in [0.717, 1.165) is 25.7 Å². The first-order chi connectivity index (χ1) is 6.81. The zero-order valence-electron chi connectivity index (χ0n) is 10.4. The van der Waals surface area contributed by atoms with Crippen LogP contribution in [0.4, 0.5) is 0 Å². The molecular weight excluding hydrogens is 208 g/mol. The lowest BCUT2D eigenvalue weighted by Gasteiger charge is -2.09. The van der Waals surface area contributed by atoms with Crippen LogP contribution in [0.5, 0.6) is 0 Å². The first-order valence-corrected chi connectivity index (χ1v) is 7.68. The van der Waals surface area contributed by atoms with Crippen LogP contribution in [0.25, 0.3) is 0 Å². The van der Waals surface area contributed by atoms with E-state index >= 15 is 0 Å². The van der Waals surface area contributed by atoms with E-state index in [-0.39, 0.29) is 0 Å². The lowest BCUT2D eigenvalue weighted by molar-refractivity contribution is 0.488. The van der Waals surface area contributed by atoms with Gasteiger partial charge in [-0.3, -0.25) is 0 Å². The van der Waals surface area contributed by atoms with Crippen molar-refractivity contribution < 1.29 is 8.42 Å². The van der Waals surface area contributed by atoms with Gasteiger partial charge in [0.1, 0.15) is 9.84 Å². The van der Waals surface area contributed by atoms with Crippen LogP contribution >= 0.6 is 0 Å². The Balaban J connectivity index is 3.58. The molecule has 0 saturated carbocycles. The molecule has 0 aliphatic rings. The second kappa shape index (κ2) is 7.04. The molecule has 0 rings (SSSR count). The second-order valence-electron chi connectivity index (χ2n) is 4.74. The van der Waals surface area contributed by atoms with Gasteiger partial charge < -0.3 is 0 Å². The van der Waals surface area contributed by atoms with Gasteiger partial charge in [0.05, 0.1) is 0 Å². The fourth-order valence-electron chi connectivity index (χ4n) is 1.49. The highest BCUT2D eigenvalue weighted by atomic mass is 32.2. The molecule has 0 aromatic rings. The van der Waals surface area contributed by atoms with E-state index in [1.165, 1.54) is 11.8 Å². The van der Waals surface area contributed by atoms with Crippen molar-refractivity contribution in [3.05, 3.63) is 11.6 Å². The zero-order valence-corrected chi connectivity index (χ0v) is 11.2. The largest absolute Gasteiger partial charge is 0.229 e. The average Bonchev–Trinajstić information content (AvgIpc) is 2.00. The summed E-state index contributed by atoms with van der Waals surface area (Å²) in [5, 5.41) is 0. The van der Waals surface area contributed by atoms with Crippen molar-refractivity contribution in [3.8, 4) is 0 Å². The lowest BCUT2D eigenvalue weighted by Crippen LogP contribution is -2.05. The predicted molar refractivity (Wildman–Crippen MR) is 66.8 cm³/mol. The Labute approximate surface area is 94.7 Å². The third-order valence-electron chi connectivity index (χ3n) is 2.42. The van der Waals surface area contributed by atoms with Crippen LogP contribution in [-0.2, 0) is 9.84 Å². The molecule has 0 radical (unpaired) electrons. The fraction of sp³-hybridized carbons (Fsp3) is 0.833. The normalized spacial score (nSPS) is 13.6. The number of hydrogen-bond donors (Lipinski definition) is 0. The summed E-state index contributed by atoms with van der Waals surface area (Å²) in [7, 11) is -2.77. The third-order valence-corrected chi connectivity index (χ3v) is 3.45. The van der Waals surface area contributed by atoms with Gasteiger partial charge in [-0.05, 0) is 45.4 Å². The molecule has 15 heavy (non-hydrogen) atoms. The van der Waals surface area contributed by atoms with Gasteiger partial charge in [0.15, 0.2) is 0 Å². The molecule has 0 fully saturated rings. The molecule has 0 heterocycles. The highest BCUT2D eigenvalue weighted by Crippen LogP contribution is 2.14. The quantitative estimate of drug-likeness (QED) is 0.632. The van der Waals surface area contributed by atoms with Crippen molar-refractivity contribution in [2.75, 3.05) is 12.0 Å². The summed E-state index contributed by atoms with van der Waals surface area (Å²) in [6.45, 7) is 6.41. The minimum Gasteiger partial charge on any atom is -0.229 e. The minimum atomic E-state index is -2.77.